The molecule has 6 nitrogen and oxygen atoms in total. The summed E-state index contributed by atoms with van der Waals surface area (Å²) in [6, 6.07) is 12.7. The number of methoxy groups -OCH3 is 1. The molecule has 2 aromatic carbocycles. The van der Waals surface area contributed by atoms with Crippen LogP contribution < -0.4 is 0 Å². The molecule has 1 aliphatic rings. The monoisotopic (exact) mass is 432 g/mol. The molecule has 166 valence electrons. The smallest absolute Gasteiger partial charge is 0.295 e. The van der Waals surface area contributed by atoms with Gasteiger partial charge in [0.2, 0.25) is 0 Å². The summed E-state index contributed by atoms with van der Waals surface area (Å²) >= 11 is 0. The molecule has 32 heavy (non-hydrogen) atoms. The second-order valence-corrected chi connectivity index (χ2v) is 8.35. The average Bonchev–Trinajstić information content (AvgIpc) is 3.23. The number of carbonyl (C=O) groups is 2. The molecular weight excluding hydrogens is 404 g/mol. The van der Waals surface area contributed by atoms with Crippen LogP contribution in [0.2, 0.25) is 0 Å². The Morgan fingerprint density at radius 1 is 1.09 bits per heavy atom. The number of aryl methyl sites for hydroxylation is 3. The molecule has 1 amide bonds. The van der Waals surface area contributed by atoms with Gasteiger partial charge in [0.15, 0.2) is 0 Å². The maximum absolute atomic E-state index is 13.2. The first kappa shape index (κ1) is 21.8. The van der Waals surface area contributed by atoms with E-state index < -0.39 is 17.7 Å². The Morgan fingerprint density at radius 2 is 1.84 bits per heavy atom. The number of hydrogen-bond acceptors (Lipinski definition) is 4. The lowest BCUT2D eigenvalue weighted by atomic mass is 9.92. The topological polar surface area (TPSA) is 82.6 Å². The number of likely N-dealkylation sites (tertiary alicyclic amines) is 1. The Morgan fingerprint density at radius 3 is 2.56 bits per heavy atom. The van der Waals surface area contributed by atoms with Crippen molar-refractivity contribution in [3.05, 3.63) is 76.0 Å². The van der Waals surface area contributed by atoms with Gasteiger partial charge in [0.05, 0.1) is 11.6 Å². The van der Waals surface area contributed by atoms with Gasteiger partial charge in [-0.15, -0.1) is 0 Å². The van der Waals surface area contributed by atoms with E-state index in [0.29, 0.717) is 25.1 Å². The lowest BCUT2D eigenvalue weighted by Crippen LogP contribution is -2.31. The fourth-order valence-corrected chi connectivity index (χ4v) is 4.48. The van der Waals surface area contributed by atoms with Gasteiger partial charge in [-0.2, -0.15) is 0 Å². The Bertz CT molecular complexity index is 1240. The van der Waals surface area contributed by atoms with E-state index in [1.54, 1.807) is 18.1 Å². The number of aromatic amines is 1. The number of carbonyl (C=O) groups excluding carboxylic acids is 2. The van der Waals surface area contributed by atoms with Gasteiger partial charge in [0.1, 0.15) is 5.76 Å². The number of Topliss-reactive ketones (excluding diaryl/α,β-unsaturated/α-hetero) is 1. The predicted molar refractivity (Wildman–Crippen MR) is 124 cm³/mol. The molecule has 1 saturated heterocycles. The summed E-state index contributed by atoms with van der Waals surface area (Å²) in [6.45, 7) is 6.70. The number of benzene rings is 2. The molecular formula is C26H28N2O4. The fraction of sp³-hybridized carbons (Fsp3) is 0.308. The molecule has 6 heteroatoms. The zero-order chi connectivity index (χ0) is 23.0. The molecule has 2 heterocycles. The number of H-pyrrole nitrogens is 1. The van der Waals surface area contributed by atoms with Gasteiger partial charge >= 0.3 is 0 Å². The molecule has 2 N–H and O–H groups in total. The number of rotatable bonds is 6. The number of fused-ring (bicyclic) bond motifs is 1. The van der Waals surface area contributed by atoms with E-state index in [1.807, 2.05) is 57.2 Å². The number of hydrogen-bond donors (Lipinski definition) is 2. The van der Waals surface area contributed by atoms with Crippen LogP contribution in [0.1, 0.15) is 40.4 Å². The number of ether oxygens (including phenoxy) is 1. The highest BCUT2D eigenvalue weighted by molar-refractivity contribution is 6.46. The van der Waals surface area contributed by atoms with E-state index in [9.17, 15) is 14.7 Å². The molecule has 1 aromatic heterocycles. The summed E-state index contributed by atoms with van der Waals surface area (Å²) in [6.07, 6.45) is 0.588. The Hall–Kier alpha value is -3.38. The van der Waals surface area contributed by atoms with E-state index >= 15 is 0 Å². The standard InChI is InChI=1S/C26H28N2O4/c1-15-10-11-18(14-16(15)2)24(29)22-23(28(12-7-13-32-4)26(31)25(22)30)21-17(3)27-20-9-6-5-8-19(20)21/h5-6,8-11,14,23,27,29H,7,12-13H2,1-4H3/b24-22+. The first-order valence-corrected chi connectivity index (χ1v) is 10.8. The van der Waals surface area contributed by atoms with E-state index in [1.165, 1.54) is 0 Å². The Labute approximate surface area is 187 Å². The third-order valence-corrected chi connectivity index (χ3v) is 6.28. The van der Waals surface area contributed by atoms with Crippen LogP contribution >= 0.6 is 0 Å². The van der Waals surface area contributed by atoms with Crippen molar-refractivity contribution < 1.29 is 19.4 Å². The van der Waals surface area contributed by atoms with E-state index in [4.69, 9.17) is 4.74 Å². The third kappa shape index (κ3) is 3.60. The van der Waals surface area contributed by atoms with Crippen molar-refractivity contribution in [1.82, 2.24) is 9.88 Å². The number of aliphatic hydroxyl groups is 1. The normalized spacial score (nSPS) is 18.1. The summed E-state index contributed by atoms with van der Waals surface area (Å²) in [7, 11) is 1.61. The van der Waals surface area contributed by atoms with Crippen LogP contribution in [0.25, 0.3) is 16.7 Å². The number of para-hydroxylation sites is 1. The van der Waals surface area contributed by atoms with E-state index in [-0.39, 0.29) is 11.3 Å². The molecule has 1 atom stereocenters. The molecule has 1 fully saturated rings. The highest BCUT2D eigenvalue weighted by Crippen LogP contribution is 2.43. The second-order valence-electron chi connectivity index (χ2n) is 8.35. The summed E-state index contributed by atoms with van der Waals surface area (Å²) in [5.41, 5.74) is 5.37. The van der Waals surface area contributed by atoms with E-state index in [0.717, 1.165) is 33.3 Å². The van der Waals surface area contributed by atoms with Crippen molar-refractivity contribution in [2.75, 3.05) is 20.3 Å². The molecule has 1 aliphatic heterocycles. The number of aliphatic hydroxyl groups excluding tert-OH is 1. The molecule has 4 rings (SSSR count). The second kappa shape index (κ2) is 8.63. The molecule has 0 aliphatic carbocycles. The van der Waals surface area contributed by atoms with Crippen molar-refractivity contribution in [2.24, 2.45) is 0 Å². The lowest BCUT2D eigenvalue weighted by Gasteiger charge is -2.25. The zero-order valence-electron chi connectivity index (χ0n) is 18.9. The first-order valence-electron chi connectivity index (χ1n) is 10.8. The van der Waals surface area contributed by atoms with Crippen LogP contribution in [-0.2, 0) is 14.3 Å². The van der Waals surface area contributed by atoms with Crippen LogP contribution in [0.15, 0.2) is 48.0 Å². The number of nitrogens with one attached hydrogen (secondary N) is 1. The van der Waals surface area contributed by atoms with Crippen molar-refractivity contribution in [1.29, 1.82) is 0 Å². The fourth-order valence-electron chi connectivity index (χ4n) is 4.48. The first-order chi connectivity index (χ1) is 15.3. The quantitative estimate of drug-likeness (QED) is 0.259. The maximum Gasteiger partial charge on any atom is 0.295 e. The molecule has 0 spiro atoms. The largest absolute Gasteiger partial charge is 0.507 e. The number of aromatic nitrogens is 1. The van der Waals surface area contributed by atoms with Crippen molar-refractivity contribution >= 4 is 28.4 Å². The van der Waals surface area contributed by atoms with E-state index in [2.05, 4.69) is 4.98 Å². The minimum atomic E-state index is -0.676. The zero-order valence-corrected chi connectivity index (χ0v) is 18.9. The van der Waals surface area contributed by atoms with Gasteiger partial charge in [-0.3, -0.25) is 9.59 Å². The van der Waals surface area contributed by atoms with Gasteiger partial charge in [-0.25, -0.2) is 0 Å². The highest BCUT2D eigenvalue weighted by Gasteiger charge is 2.47. The van der Waals surface area contributed by atoms with Gasteiger partial charge in [0, 0.05) is 48.0 Å². The van der Waals surface area contributed by atoms with Crippen LogP contribution in [0.5, 0.6) is 0 Å². The maximum atomic E-state index is 13.2. The Kier molecular flexibility index (Phi) is 5.89. The van der Waals surface area contributed by atoms with Gasteiger partial charge < -0.3 is 19.7 Å². The molecule has 1 unspecified atom stereocenters. The number of amides is 1. The SMILES string of the molecule is COCCCN1C(=O)C(=O)/C(=C(/O)c2ccc(C)c(C)c2)C1c1c(C)[nH]c2ccccc12. The van der Waals surface area contributed by atoms with Crippen molar-refractivity contribution in [2.45, 2.75) is 33.2 Å². The third-order valence-electron chi connectivity index (χ3n) is 6.28. The van der Waals surface area contributed by atoms with Crippen LogP contribution in [-0.4, -0.2) is 46.9 Å². The highest BCUT2D eigenvalue weighted by atomic mass is 16.5. The van der Waals surface area contributed by atoms with Crippen molar-refractivity contribution in [3.8, 4) is 0 Å². The molecule has 3 aromatic rings. The Balaban J connectivity index is 1.94. The summed E-state index contributed by atoms with van der Waals surface area (Å²) in [5, 5.41) is 12.2. The van der Waals surface area contributed by atoms with Crippen LogP contribution in [0.3, 0.4) is 0 Å². The number of ketones is 1. The van der Waals surface area contributed by atoms with Gasteiger partial charge in [-0.1, -0.05) is 30.3 Å². The summed E-state index contributed by atoms with van der Waals surface area (Å²) in [5.74, 6) is -1.40. The van der Waals surface area contributed by atoms with Gasteiger partial charge in [0.25, 0.3) is 11.7 Å². The predicted octanol–water partition coefficient (Wildman–Crippen LogP) is 4.55. The lowest BCUT2D eigenvalue weighted by molar-refractivity contribution is -0.140. The molecule has 0 saturated carbocycles. The van der Waals surface area contributed by atoms with Crippen LogP contribution in [0, 0.1) is 20.8 Å². The summed E-state index contributed by atoms with van der Waals surface area (Å²) in [4.78, 5) is 31.2. The van der Waals surface area contributed by atoms with Crippen LogP contribution in [0.4, 0.5) is 0 Å². The van der Waals surface area contributed by atoms with Gasteiger partial charge in [-0.05, 0) is 50.5 Å². The van der Waals surface area contributed by atoms with Crippen molar-refractivity contribution in [3.63, 3.8) is 0 Å². The average molecular weight is 433 g/mol. The summed E-state index contributed by atoms with van der Waals surface area (Å²) < 4.78 is 5.16. The minimum absolute atomic E-state index is 0.128. The minimum Gasteiger partial charge on any atom is -0.507 e. The molecule has 0 radical (unpaired) electrons. The molecule has 0 bridgehead atoms. The number of nitrogens with zero attached hydrogens (tertiary/aromatic N) is 1.